The minimum absolute atomic E-state index is 0.0371. The summed E-state index contributed by atoms with van der Waals surface area (Å²) < 4.78 is 4.43. The minimum atomic E-state index is -0.638. The van der Waals surface area contributed by atoms with Crippen molar-refractivity contribution in [3.63, 3.8) is 0 Å². The molecular weight excluding hydrogens is 478 g/mol. The second-order valence-electron chi connectivity index (χ2n) is 11.4. The van der Waals surface area contributed by atoms with Gasteiger partial charge in [-0.3, -0.25) is 14.4 Å². The van der Waals surface area contributed by atoms with Crippen molar-refractivity contribution in [1.82, 2.24) is 10.2 Å². The Kier molecular flexibility index (Phi) is 7.36. The molecule has 4 rings (SSSR count). The molecule has 9 heteroatoms. The Morgan fingerprint density at radius 3 is 2.47 bits per heavy atom. The van der Waals surface area contributed by atoms with Crippen LogP contribution < -0.4 is 15.4 Å². The second kappa shape index (κ2) is 9.89. The number of nitrogens with zero attached hydrogens (tertiary/aromatic N) is 1. The maximum Gasteiger partial charge on any atom is 0.244 e. The first-order valence-electron chi connectivity index (χ1n) is 12.9. The lowest BCUT2D eigenvalue weighted by Crippen LogP contribution is -2.57. The third kappa shape index (κ3) is 4.72. The number of carbonyl (C=O) groups is 3. The van der Waals surface area contributed by atoms with E-state index in [9.17, 15) is 19.5 Å². The van der Waals surface area contributed by atoms with Crippen molar-refractivity contribution >= 4 is 35.2 Å². The van der Waals surface area contributed by atoms with Crippen LogP contribution in [0.1, 0.15) is 60.3 Å². The summed E-state index contributed by atoms with van der Waals surface area (Å²) in [5, 5.41) is 15.4. The SMILES string of the molecule is CCOc1ccc(NC(=O)[C@H]2[C@H]3C(=O)N(CCCCO)C(C(=O)NC(C)(C)C)C34CC[C@]2(C)S4)cc1. The molecule has 198 valence electrons. The molecule has 0 aromatic heterocycles. The van der Waals surface area contributed by atoms with Crippen LogP contribution in [0.3, 0.4) is 0 Å². The number of ether oxygens (including phenoxy) is 1. The van der Waals surface area contributed by atoms with Crippen LogP contribution in [0.5, 0.6) is 5.75 Å². The highest BCUT2D eigenvalue weighted by atomic mass is 32.2. The van der Waals surface area contributed by atoms with E-state index >= 15 is 0 Å². The summed E-state index contributed by atoms with van der Waals surface area (Å²) in [5.74, 6) is -0.830. The van der Waals surface area contributed by atoms with Crippen molar-refractivity contribution in [2.45, 2.75) is 81.4 Å². The van der Waals surface area contributed by atoms with Gasteiger partial charge in [-0.05, 0) is 84.6 Å². The lowest BCUT2D eigenvalue weighted by Gasteiger charge is -2.36. The number of thioether (sulfide) groups is 1. The van der Waals surface area contributed by atoms with Crippen LogP contribution in [-0.4, -0.2) is 68.6 Å². The average Bonchev–Trinajstić information content (AvgIpc) is 3.35. The lowest BCUT2D eigenvalue weighted by atomic mass is 9.66. The van der Waals surface area contributed by atoms with Crippen LogP contribution in [0.15, 0.2) is 24.3 Å². The van der Waals surface area contributed by atoms with E-state index in [1.807, 2.05) is 39.8 Å². The molecule has 0 saturated carbocycles. The van der Waals surface area contributed by atoms with Crippen molar-refractivity contribution in [3.8, 4) is 5.75 Å². The van der Waals surface area contributed by atoms with E-state index in [1.165, 1.54) is 0 Å². The zero-order chi connectivity index (χ0) is 26.3. The zero-order valence-electron chi connectivity index (χ0n) is 21.9. The van der Waals surface area contributed by atoms with Gasteiger partial charge in [-0.1, -0.05) is 0 Å². The number of likely N-dealkylation sites (tertiary alicyclic amines) is 1. The Morgan fingerprint density at radius 2 is 1.86 bits per heavy atom. The number of benzene rings is 1. The smallest absolute Gasteiger partial charge is 0.244 e. The number of unbranched alkanes of at least 4 members (excludes halogenated alkanes) is 1. The van der Waals surface area contributed by atoms with Crippen LogP contribution in [0.25, 0.3) is 0 Å². The van der Waals surface area contributed by atoms with Crippen LogP contribution >= 0.6 is 11.8 Å². The zero-order valence-corrected chi connectivity index (χ0v) is 22.7. The van der Waals surface area contributed by atoms with Crippen molar-refractivity contribution in [3.05, 3.63) is 24.3 Å². The standard InChI is InChI=1S/C27H39N3O5S/c1-6-35-18-11-9-17(10-12-18)28-22(32)19-20-24(34)30(15-7-8-16-31)21(23(33)29-25(2,3)4)27(20)14-13-26(19,5)36-27/h9-12,19-21,31H,6-8,13-16H2,1-5H3,(H,28,32)(H,29,33)/t19-,20+,21?,26+,27?/m1/s1. The van der Waals surface area contributed by atoms with E-state index in [0.29, 0.717) is 31.7 Å². The molecule has 3 N–H and O–H groups in total. The Labute approximate surface area is 217 Å². The van der Waals surface area contributed by atoms with E-state index in [2.05, 4.69) is 17.6 Å². The molecule has 0 radical (unpaired) electrons. The van der Waals surface area contributed by atoms with Gasteiger partial charge in [0.15, 0.2) is 0 Å². The third-order valence-electron chi connectivity index (χ3n) is 7.55. The molecule has 3 heterocycles. The maximum atomic E-state index is 13.9. The van der Waals surface area contributed by atoms with Gasteiger partial charge >= 0.3 is 0 Å². The van der Waals surface area contributed by atoms with Gasteiger partial charge in [-0.15, -0.1) is 11.8 Å². The monoisotopic (exact) mass is 517 g/mol. The van der Waals surface area contributed by atoms with Gasteiger partial charge in [0.1, 0.15) is 11.8 Å². The number of hydrogen-bond donors (Lipinski definition) is 3. The number of aliphatic hydroxyl groups is 1. The summed E-state index contributed by atoms with van der Waals surface area (Å²) in [6, 6.07) is 6.60. The van der Waals surface area contributed by atoms with Crippen LogP contribution in [0, 0.1) is 11.8 Å². The first-order chi connectivity index (χ1) is 17.0. The summed E-state index contributed by atoms with van der Waals surface area (Å²) >= 11 is 1.66. The predicted molar refractivity (Wildman–Crippen MR) is 141 cm³/mol. The number of hydrogen-bond acceptors (Lipinski definition) is 6. The quantitative estimate of drug-likeness (QED) is 0.434. The second-order valence-corrected chi connectivity index (χ2v) is 13.3. The number of amides is 3. The molecule has 2 bridgehead atoms. The summed E-state index contributed by atoms with van der Waals surface area (Å²) in [4.78, 5) is 43.0. The number of anilines is 1. The highest BCUT2D eigenvalue weighted by Gasteiger charge is 2.77. The van der Waals surface area contributed by atoms with Crippen molar-refractivity contribution in [2.24, 2.45) is 11.8 Å². The van der Waals surface area contributed by atoms with Gasteiger partial charge < -0.3 is 25.4 Å². The van der Waals surface area contributed by atoms with E-state index < -0.39 is 32.9 Å². The van der Waals surface area contributed by atoms with Gasteiger partial charge in [0.25, 0.3) is 0 Å². The number of rotatable bonds is 9. The molecule has 3 aliphatic rings. The van der Waals surface area contributed by atoms with E-state index in [0.717, 1.165) is 18.6 Å². The number of aliphatic hydroxyl groups excluding tert-OH is 1. The van der Waals surface area contributed by atoms with Crippen molar-refractivity contribution < 1.29 is 24.2 Å². The fourth-order valence-corrected chi connectivity index (χ4v) is 8.58. The molecule has 8 nitrogen and oxygen atoms in total. The number of fused-ring (bicyclic) bond motifs is 1. The minimum Gasteiger partial charge on any atom is -0.494 e. The summed E-state index contributed by atoms with van der Waals surface area (Å²) in [6.45, 7) is 10.8. The van der Waals surface area contributed by atoms with E-state index in [4.69, 9.17) is 4.74 Å². The molecule has 3 fully saturated rings. The molecule has 1 aromatic rings. The molecule has 1 spiro atoms. The molecule has 3 saturated heterocycles. The molecule has 1 aromatic carbocycles. The first kappa shape index (κ1) is 26.8. The van der Waals surface area contributed by atoms with Gasteiger partial charge in [0.2, 0.25) is 17.7 Å². The van der Waals surface area contributed by atoms with Crippen LogP contribution in [0.4, 0.5) is 5.69 Å². The molecule has 3 amide bonds. The first-order valence-corrected chi connectivity index (χ1v) is 13.7. The number of nitrogens with one attached hydrogen (secondary N) is 2. The molecule has 5 atom stereocenters. The normalized spacial score (nSPS) is 30.9. The predicted octanol–water partition coefficient (Wildman–Crippen LogP) is 3.19. The van der Waals surface area contributed by atoms with Crippen LogP contribution in [0.2, 0.25) is 0 Å². The number of carbonyl (C=O) groups excluding carboxylic acids is 3. The summed E-state index contributed by atoms with van der Waals surface area (Å²) in [7, 11) is 0. The highest BCUT2D eigenvalue weighted by molar-refractivity contribution is 8.02. The van der Waals surface area contributed by atoms with E-state index in [1.54, 1.807) is 28.8 Å². The fraction of sp³-hybridized carbons (Fsp3) is 0.667. The van der Waals surface area contributed by atoms with Crippen LogP contribution in [-0.2, 0) is 14.4 Å². The lowest BCUT2D eigenvalue weighted by molar-refractivity contribution is -0.140. The van der Waals surface area contributed by atoms with Gasteiger partial charge in [0.05, 0.1) is 23.2 Å². The maximum absolute atomic E-state index is 13.9. The summed E-state index contributed by atoms with van der Waals surface area (Å²) in [5.41, 5.74) is 0.211. The molecule has 36 heavy (non-hydrogen) atoms. The van der Waals surface area contributed by atoms with Gasteiger partial charge in [0, 0.05) is 29.1 Å². The molecular formula is C27H39N3O5S. The van der Waals surface area contributed by atoms with Gasteiger partial charge in [-0.25, -0.2) is 0 Å². The fourth-order valence-electron chi connectivity index (χ4n) is 6.22. The summed E-state index contributed by atoms with van der Waals surface area (Å²) in [6.07, 6.45) is 2.65. The van der Waals surface area contributed by atoms with Crippen molar-refractivity contribution in [1.29, 1.82) is 0 Å². The Bertz CT molecular complexity index is 1010. The Hall–Kier alpha value is -2.26. The van der Waals surface area contributed by atoms with Gasteiger partial charge in [-0.2, -0.15) is 0 Å². The Balaban J connectivity index is 1.64. The topological polar surface area (TPSA) is 108 Å². The Morgan fingerprint density at radius 1 is 1.17 bits per heavy atom. The third-order valence-corrected chi connectivity index (χ3v) is 9.53. The largest absolute Gasteiger partial charge is 0.494 e. The average molecular weight is 518 g/mol. The molecule has 2 unspecified atom stereocenters. The van der Waals surface area contributed by atoms with E-state index in [-0.39, 0.29) is 24.3 Å². The highest BCUT2D eigenvalue weighted by Crippen LogP contribution is 2.71. The molecule has 0 aliphatic carbocycles. The molecule has 3 aliphatic heterocycles. The van der Waals surface area contributed by atoms with Crippen molar-refractivity contribution in [2.75, 3.05) is 25.1 Å².